The van der Waals surface area contributed by atoms with Crippen LogP contribution in [0.2, 0.25) is 0 Å². The second kappa shape index (κ2) is 8.79. The van der Waals surface area contributed by atoms with Gasteiger partial charge in [-0.15, -0.1) is 0 Å². The fourth-order valence-corrected chi connectivity index (χ4v) is 2.74. The summed E-state index contributed by atoms with van der Waals surface area (Å²) in [6.07, 6.45) is 3.06. The zero-order valence-corrected chi connectivity index (χ0v) is 15.5. The molecule has 0 aromatic heterocycles. The Bertz CT molecular complexity index is 1070. The summed E-state index contributed by atoms with van der Waals surface area (Å²) < 4.78 is 0. The number of benzene rings is 3. The fraction of sp³-hybridized carbons (Fsp3) is 0. The van der Waals surface area contributed by atoms with Gasteiger partial charge in [0.25, 0.3) is 5.91 Å². The smallest absolute Gasteiger partial charge is 0.273 e. The Kier molecular flexibility index (Phi) is 5.98. The summed E-state index contributed by atoms with van der Waals surface area (Å²) in [5, 5.41) is 14.1. The van der Waals surface area contributed by atoms with Crippen molar-refractivity contribution < 1.29 is 14.7 Å². The molecule has 0 aliphatic rings. The molecule has 0 saturated heterocycles. The van der Waals surface area contributed by atoms with E-state index in [1.165, 1.54) is 18.2 Å². The highest BCUT2D eigenvalue weighted by Crippen LogP contribution is 2.19. The number of carbonyl (C=O) groups excluding carboxylic acids is 2. The lowest BCUT2D eigenvalue weighted by Crippen LogP contribution is -2.48. The molecular formula is C21H17N3O3S. The second-order valence-electron chi connectivity index (χ2n) is 5.82. The zero-order chi connectivity index (χ0) is 19.9. The number of hydrogen-bond donors (Lipinski definition) is 4. The number of para-hydroxylation sites is 1. The van der Waals surface area contributed by atoms with Crippen LogP contribution in [-0.2, 0) is 4.79 Å². The minimum absolute atomic E-state index is 0.0728. The first-order valence-corrected chi connectivity index (χ1v) is 8.80. The van der Waals surface area contributed by atoms with Crippen LogP contribution in [0.25, 0.3) is 16.8 Å². The van der Waals surface area contributed by atoms with Gasteiger partial charge in [-0.2, -0.15) is 0 Å². The lowest BCUT2D eigenvalue weighted by molar-refractivity contribution is -0.115. The molecule has 0 aliphatic heterocycles. The molecule has 0 saturated carbocycles. The molecule has 28 heavy (non-hydrogen) atoms. The van der Waals surface area contributed by atoms with E-state index in [1.54, 1.807) is 18.2 Å². The van der Waals surface area contributed by atoms with Crippen molar-refractivity contribution in [2.75, 3.05) is 0 Å². The molecule has 0 fully saturated rings. The third kappa shape index (κ3) is 4.72. The van der Waals surface area contributed by atoms with E-state index in [0.29, 0.717) is 0 Å². The summed E-state index contributed by atoms with van der Waals surface area (Å²) in [5.41, 5.74) is 5.72. The number of thiocarbonyl (C=S) groups is 1. The molecule has 0 heterocycles. The second-order valence-corrected chi connectivity index (χ2v) is 6.22. The van der Waals surface area contributed by atoms with Gasteiger partial charge in [-0.25, -0.2) is 0 Å². The normalized spacial score (nSPS) is 10.6. The lowest BCUT2D eigenvalue weighted by Gasteiger charge is -2.10. The molecule has 3 rings (SSSR count). The average molecular weight is 391 g/mol. The topological polar surface area (TPSA) is 90.5 Å². The molecule has 0 radical (unpaired) electrons. The molecule has 0 spiro atoms. The first kappa shape index (κ1) is 19.1. The third-order valence-electron chi connectivity index (χ3n) is 3.91. The Labute approximate surface area is 166 Å². The first-order chi connectivity index (χ1) is 13.5. The van der Waals surface area contributed by atoms with Gasteiger partial charge in [0, 0.05) is 6.08 Å². The van der Waals surface area contributed by atoms with Crippen LogP contribution < -0.4 is 16.2 Å². The fourth-order valence-electron chi connectivity index (χ4n) is 2.59. The Balaban J connectivity index is 1.56. The highest BCUT2D eigenvalue weighted by Gasteiger charge is 2.10. The van der Waals surface area contributed by atoms with Crippen molar-refractivity contribution in [3.05, 3.63) is 83.9 Å². The number of carbonyl (C=O) groups is 2. The van der Waals surface area contributed by atoms with Crippen LogP contribution in [-0.4, -0.2) is 22.0 Å². The van der Waals surface area contributed by atoms with Crippen LogP contribution in [0.3, 0.4) is 0 Å². The van der Waals surface area contributed by atoms with Gasteiger partial charge in [0.05, 0.1) is 5.56 Å². The molecule has 3 aromatic rings. The minimum Gasteiger partial charge on any atom is -0.507 e. The van der Waals surface area contributed by atoms with Gasteiger partial charge in [-0.3, -0.25) is 25.8 Å². The monoisotopic (exact) mass is 391 g/mol. The van der Waals surface area contributed by atoms with Crippen molar-refractivity contribution in [2.24, 2.45) is 0 Å². The maximum atomic E-state index is 12.1. The number of hydrazine groups is 1. The largest absolute Gasteiger partial charge is 0.507 e. The number of fused-ring (bicyclic) bond motifs is 1. The van der Waals surface area contributed by atoms with E-state index in [-0.39, 0.29) is 16.4 Å². The van der Waals surface area contributed by atoms with Crippen LogP contribution in [0, 0.1) is 0 Å². The van der Waals surface area contributed by atoms with E-state index in [1.807, 2.05) is 42.5 Å². The molecule has 3 aromatic carbocycles. The summed E-state index contributed by atoms with van der Waals surface area (Å²) in [5.74, 6) is -1.18. The highest BCUT2D eigenvalue weighted by molar-refractivity contribution is 7.80. The van der Waals surface area contributed by atoms with Gasteiger partial charge in [0.1, 0.15) is 5.75 Å². The lowest BCUT2D eigenvalue weighted by atomic mass is 10.0. The van der Waals surface area contributed by atoms with Gasteiger partial charge in [-0.1, -0.05) is 54.6 Å². The van der Waals surface area contributed by atoms with Crippen molar-refractivity contribution in [1.82, 2.24) is 16.2 Å². The molecule has 7 heteroatoms. The van der Waals surface area contributed by atoms with Gasteiger partial charge >= 0.3 is 0 Å². The third-order valence-corrected chi connectivity index (χ3v) is 4.12. The van der Waals surface area contributed by atoms with Crippen LogP contribution >= 0.6 is 12.2 Å². The Morgan fingerprint density at radius 2 is 1.61 bits per heavy atom. The SMILES string of the molecule is O=C(C=Cc1cccc2ccccc12)NC(=S)NNC(=O)c1ccccc1O. The summed E-state index contributed by atoms with van der Waals surface area (Å²) in [4.78, 5) is 24.0. The van der Waals surface area contributed by atoms with Gasteiger partial charge in [0.15, 0.2) is 5.11 Å². The Morgan fingerprint density at radius 1 is 0.893 bits per heavy atom. The van der Waals surface area contributed by atoms with E-state index in [2.05, 4.69) is 16.2 Å². The summed E-state index contributed by atoms with van der Waals surface area (Å²) in [7, 11) is 0. The van der Waals surface area contributed by atoms with Gasteiger partial charge in [-0.05, 0) is 46.8 Å². The number of amides is 2. The quantitative estimate of drug-likeness (QED) is 0.313. The Morgan fingerprint density at radius 3 is 2.43 bits per heavy atom. The molecule has 0 unspecified atom stereocenters. The number of phenolic OH excluding ortho intramolecular Hbond substituents is 1. The van der Waals surface area contributed by atoms with Crippen molar-refractivity contribution in [3.8, 4) is 5.75 Å². The van der Waals surface area contributed by atoms with Gasteiger partial charge in [0.2, 0.25) is 5.91 Å². The summed E-state index contributed by atoms with van der Waals surface area (Å²) in [6, 6.07) is 19.8. The number of nitrogens with one attached hydrogen (secondary N) is 3. The van der Waals surface area contributed by atoms with E-state index >= 15 is 0 Å². The first-order valence-electron chi connectivity index (χ1n) is 8.40. The van der Waals surface area contributed by atoms with Crippen molar-refractivity contribution in [3.63, 3.8) is 0 Å². The zero-order valence-electron chi connectivity index (χ0n) is 14.7. The predicted molar refractivity (Wildman–Crippen MR) is 112 cm³/mol. The molecule has 4 N–H and O–H groups in total. The van der Waals surface area contributed by atoms with Crippen molar-refractivity contribution >= 4 is 46.0 Å². The maximum Gasteiger partial charge on any atom is 0.273 e. The van der Waals surface area contributed by atoms with Crippen LogP contribution in [0.1, 0.15) is 15.9 Å². The van der Waals surface area contributed by atoms with Crippen LogP contribution in [0.5, 0.6) is 5.75 Å². The standard InChI is InChI=1S/C21H17N3O3S/c25-18-11-4-3-10-17(18)20(27)23-24-21(28)22-19(26)13-12-15-8-5-7-14-6-1-2-9-16(14)15/h1-13,25H,(H,23,27)(H2,22,24,26,28). The molecule has 0 bridgehead atoms. The predicted octanol–water partition coefficient (Wildman–Crippen LogP) is 2.89. The van der Waals surface area contributed by atoms with Gasteiger partial charge < -0.3 is 5.11 Å². The van der Waals surface area contributed by atoms with Crippen LogP contribution in [0.4, 0.5) is 0 Å². The summed E-state index contributed by atoms with van der Waals surface area (Å²) >= 11 is 4.99. The molecule has 2 amide bonds. The maximum absolute atomic E-state index is 12.1. The van der Waals surface area contributed by atoms with Crippen molar-refractivity contribution in [2.45, 2.75) is 0 Å². The molecular weight excluding hydrogens is 374 g/mol. The van der Waals surface area contributed by atoms with Crippen LogP contribution in [0.15, 0.2) is 72.8 Å². The van der Waals surface area contributed by atoms with E-state index in [9.17, 15) is 14.7 Å². The minimum atomic E-state index is -0.582. The number of rotatable bonds is 3. The van der Waals surface area contributed by atoms with E-state index in [0.717, 1.165) is 16.3 Å². The van der Waals surface area contributed by atoms with E-state index < -0.39 is 11.8 Å². The molecule has 140 valence electrons. The number of aromatic hydroxyl groups is 1. The molecule has 0 atom stereocenters. The number of phenols is 1. The average Bonchev–Trinajstić information content (AvgIpc) is 2.70. The highest BCUT2D eigenvalue weighted by atomic mass is 32.1. The number of hydrogen-bond acceptors (Lipinski definition) is 4. The molecule has 6 nitrogen and oxygen atoms in total. The Hall–Kier alpha value is -3.71. The molecule has 0 aliphatic carbocycles. The van der Waals surface area contributed by atoms with E-state index in [4.69, 9.17) is 12.2 Å². The van der Waals surface area contributed by atoms with Crippen molar-refractivity contribution in [1.29, 1.82) is 0 Å². The summed E-state index contributed by atoms with van der Waals surface area (Å²) in [6.45, 7) is 0.